The molecule has 0 atom stereocenters. The van der Waals surface area contributed by atoms with Crippen molar-refractivity contribution in [2.75, 3.05) is 0 Å². The van der Waals surface area contributed by atoms with Gasteiger partial charge in [0.2, 0.25) is 0 Å². The zero-order valence-electron chi connectivity index (χ0n) is 9.87. The van der Waals surface area contributed by atoms with Crippen molar-refractivity contribution in [3.63, 3.8) is 0 Å². The fourth-order valence-corrected chi connectivity index (χ4v) is 2.60. The molecule has 2 heterocycles. The van der Waals surface area contributed by atoms with Gasteiger partial charge in [0.1, 0.15) is 5.15 Å². The molecule has 0 radical (unpaired) electrons. The van der Waals surface area contributed by atoms with Crippen molar-refractivity contribution in [3.05, 3.63) is 33.9 Å². The lowest BCUT2D eigenvalue weighted by molar-refractivity contribution is 0.755. The maximum absolute atomic E-state index is 6.33. The first-order valence-corrected chi connectivity index (χ1v) is 6.12. The van der Waals surface area contributed by atoms with Crippen LogP contribution in [0.3, 0.4) is 0 Å². The Morgan fingerprint density at radius 1 is 1.18 bits per heavy atom. The predicted octanol–water partition coefficient (Wildman–Crippen LogP) is 2.42. The van der Waals surface area contributed by atoms with Gasteiger partial charge in [0.15, 0.2) is 0 Å². The van der Waals surface area contributed by atoms with Crippen LogP contribution in [0.15, 0.2) is 6.07 Å². The first-order valence-electron chi connectivity index (χ1n) is 5.74. The van der Waals surface area contributed by atoms with Gasteiger partial charge in [-0.3, -0.25) is 0 Å². The Kier molecular flexibility index (Phi) is 2.40. The largest absolute Gasteiger partial charge is 0.252 e. The third-order valence-corrected chi connectivity index (χ3v) is 3.39. The molecule has 1 aliphatic carbocycles. The maximum atomic E-state index is 6.33. The van der Waals surface area contributed by atoms with Crippen molar-refractivity contribution in [1.29, 1.82) is 0 Å². The van der Waals surface area contributed by atoms with Crippen LogP contribution < -0.4 is 0 Å². The quantitative estimate of drug-likeness (QED) is 0.779. The van der Waals surface area contributed by atoms with E-state index in [4.69, 9.17) is 11.6 Å². The molecule has 17 heavy (non-hydrogen) atoms. The highest BCUT2D eigenvalue weighted by atomic mass is 35.5. The standard InChI is InChI=1S/C12H13ClN4/c1-7-6-8(2)15-12(14-7)17-11(13)9-4-3-5-10(9)16-17/h6H,3-5H2,1-2H3. The molecule has 0 fully saturated rings. The molecular formula is C12H13ClN4. The third kappa shape index (κ3) is 1.72. The van der Waals surface area contributed by atoms with Crippen LogP contribution in [-0.4, -0.2) is 19.7 Å². The van der Waals surface area contributed by atoms with Gasteiger partial charge in [0.05, 0.1) is 5.69 Å². The molecule has 0 aliphatic heterocycles. The number of nitrogens with zero attached hydrogens (tertiary/aromatic N) is 4. The van der Waals surface area contributed by atoms with Crippen LogP contribution in [-0.2, 0) is 12.8 Å². The van der Waals surface area contributed by atoms with Gasteiger partial charge in [-0.2, -0.15) is 9.78 Å². The summed E-state index contributed by atoms with van der Waals surface area (Å²) in [5, 5.41) is 5.17. The van der Waals surface area contributed by atoms with Gasteiger partial charge in [-0.05, 0) is 39.2 Å². The second-order valence-electron chi connectivity index (χ2n) is 4.43. The van der Waals surface area contributed by atoms with E-state index in [9.17, 15) is 0 Å². The fraction of sp³-hybridized carbons (Fsp3) is 0.417. The molecule has 0 amide bonds. The lowest BCUT2D eigenvalue weighted by atomic mass is 10.3. The van der Waals surface area contributed by atoms with E-state index in [0.29, 0.717) is 11.1 Å². The molecule has 0 unspecified atom stereocenters. The van der Waals surface area contributed by atoms with E-state index in [1.807, 2.05) is 19.9 Å². The van der Waals surface area contributed by atoms with Gasteiger partial charge < -0.3 is 0 Å². The second kappa shape index (κ2) is 3.81. The van der Waals surface area contributed by atoms with Gasteiger partial charge in [0, 0.05) is 17.0 Å². The highest BCUT2D eigenvalue weighted by Gasteiger charge is 2.22. The summed E-state index contributed by atoms with van der Waals surface area (Å²) in [7, 11) is 0. The first kappa shape index (κ1) is 10.7. The molecule has 1 aliphatic rings. The van der Waals surface area contributed by atoms with Crippen molar-refractivity contribution in [2.45, 2.75) is 33.1 Å². The molecule has 2 aromatic heterocycles. The molecule has 0 bridgehead atoms. The van der Waals surface area contributed by atoms with Crippen molar-refractivity contribution in [1.82, 2.24) is 19.7 Å². The summed E-state index contributed by atoms with van der Waals surface area (Å²) in [6.45, 7) is 3.90. The van der Waals surface area contributed by atoms with Crippen LogP contribution in [0.25, 0.3) is 5.95 Å². The highest BCUT2D eigenvalue weighted by Crippen LogP contribution is 2.29. The normalized spacial score (nSPS) is 14.1. The van der Waals surface area contributed by atoms with Crippen molar-refractivity contribution in [3.8, 4) is 5.95 Å². The molecule has 0 spiro atoms. The average molecular weight is 249 g/mol. The summed E-state index contributed by atoms with van der Waals surface area (Å²) in [5.74, 6) is 0.571. The topological polar surface area (TPSA) is 43.6 Å². The van der Waals surface area contributed by atoms with Gasteiger partial charge >= 0.3 is 0 Å². The molecule has 0 aromatic carbocycles. The molecule has 3 rings (SSSR count). The van der Waals surface area contributed by atoms with Crippen molar-refractivity contribution < 1.29 is 0 Å². The van der Waals surface area contributed by atoms with Crippen LogP contribution in [0.5, 0.6) is 0 Å². The summed E-state index contributed by atoms with van der Waals surface area (Å²) in [5.41, 5.74) is 4.12. The minimum absolute atomic E-state index is 0.571. The summed E-state index contributed by atoms with van der Waals surface area (Å²) >= 11 is 6.33. The predicted molar refractivity (Wildman–Crippen MR) is 65.7 cm³/mol. The van der Waals surface area contributed by atoms with E-state index in [1.165, 1.54) is 0 Å². The Morgan fingerprint density at radius 3 is 2.53 bits per heavy atom. The summed E-state index contributed by atoms with van der Waals surface area (Å²) in [4.78, 5) is 8.77. The fourth-order valence-electron chi connectivity index (χ4n) is 2.29. The van der Waals surface area contributed by atoms with Crippen LogP contribution in [0.2, 0.25) is 5.15 Å². The average Bonchev–Trinajstić information content (AvgIpc) is 2.80. The summed E-state index contributed by atoms with van der Waals surface area (Å²) in [6.07, 6.45) is 3.16. The zero-order valence-corrected chi connectivity index (χ0v) is 10.6. The number of aromatic nitrogens is 4. The number of aryl methyl sites for hydroxylation is 3. The monoisotopic (exact) mass is 248 g/mol. The van der Waals surface area contributed by atoms with Crippen molar-refractivity contribution >= 4 is 11.6 Å². The third-order valence-electron chi connectivity index (χ3n) is 3.00. The van der Waals surface area contributed by atoms with E-state index < -0.39 is 0 Å². The Balaban J connectivity index is 2.15. The first-order chi connectivity index (χ1) is 8.15. The van der Waals surface area contributed by atoms with E-state index in [-0.39, 0.29) is 0 Å². The maximum Gasteiger partial charge on any atom is 0.252 e. The van der Waals surface area contributed by atoms with Gasteiger partial charge in [-0.15, -0.1) is 0 Å². The van der Waals surface area contributed by atoms with E-state index in [1.54, 1.807) is 4.68 Å². The minimum atomic E-state index is 0.571. The molecule has 0 saturated heterocycles. The number of rotatable bonds is 1. The van der Waals surface area contributed by atoms with Crippen LogP contribution in [0, 0.1) is 13.8 Å². The minimum Gasteiger partial charge on any atom is -0.216 e. The molecular weight excluding hydrogens is 236 g/mol. The van der Waals surface area contributed by atoms with Crippen LogP contribution in [0.1, 0.15) is 29.1 Å². The Labute approximate surface area is 105 Å². The molecule has 5 heteroatoms. The molecule has 88 valence electrons. The SMILES string of the molecule is Cc1cc(C)nc(-n2nc3c(c2Cl)CCC3)n1. The number of hydrogen-bond donors (Lipinski definition) is 0. The molecule has 0 saturated carbocycles. The van der Waals surface area contributed by atoms with Crippen LogP contribution in [0.4, 0.5) is 0 Å². The lowest BCUT2D eigenvalue weighted by Gasteiger charge is -2.04. The summed E-state index contributed by atoms with van der Waals surface area (Å²) in [6, 6.07) is 1.94. The van der Waals surface area contributed by atoms with E-state index in [0.717, 1.165) is 41.9 Å². The van der Waals surface area contributed by atoms with Gasteiger partial charge in [0.25, 0.3) is 5.95 Å². The molecule has 2 aromatic rings. The lowest BCUT2D eigenvalue weighted by Crippen LogP contribution is -2.06. The smallest absolute Gasteiger partial charge is 0.216 e. The van der Waals surface area contributed by atoms with Crippen molar-refractivity contribution in [2.24, 2.45) is 0 Å². The highest BCUT2D eigenvalue weighted by molar-refractivity contribution is 6.30. The van der Waals surface area contributed by atoms with E-state index >= 15 is 0 Å². The Morgan fingerprint density at radius 2 is 1.88 bits per heavy atom. The number of hydrogen-bond acceptors (Lipinski definition) is 3. The molecule has 0 N–H and O–H groups in total. The van der Waals surface area contributed by atoms with Gasteiger partial charge in [-0.25, -0.2) is 9.97 Å². The van der Waals surface area contributed by atoms with E-state index in [2.05, 4.69) is 15.1 Å². The molecule has 4 nitrogen and oxygen atoms in total. The summed E-state index contributed by atoms with van der Waals surface area (Å²) < 4.78 is 1.66. The Hall–Kier alpha value is -1.42. The number of halogens is 1. The van der Waals surface area contributed by atoms with Gasteiger partial charge in [-0.1, -0.05) is 11.6 Å². The van der Waals surface area contributed by atoms with Crippen LogP contribution >= 0.6 is 11.6 Å². The zero-order chi connectivity index (χ0) is 12.0. The Bertz CT molecular complexity index is 568. The second-order valence-corrected chi connectivity index (χ2v) is 4.79. The number of fused-ring (bicyclic) bond motifs is 1.